The van der Waals surface area contributed by atoms with Crippen molar-refractivity contribution in [3.05, 3.63) is 29.3 Å². The summed E-state index contributed by atoms with van der Waals surface area (Å²) in [6, 6.07) is 4.18. The highest BCUT2D eigenvalue weighted by molar-refractivity contribution is 5.57. The van der Waals surface area contributed by atoms with E-state index < -0.39 is 11.7 Å². The third-order valence-electron chi connectivity index (χ3n) is 3.02. The fraction of sp³-hybridized carbons (Fsp3) is 0.500. The molecule has 1 aromatic rings. The molecule has 2 unspecified atom stereocenters. The van der Waals surface area contributed by atoms with Gasteiger partial charge in [-0.05, 0) is 37.0 Å². The van der Waals surface area contributed by atoms with Gasteiger partial charge >= 0.3 is 6.18 Å². The Bertz CT molecular complexity index is 398. The lowest BCUT2D eigenvalue weighted by Crippen LogP contribution is -2.24. The van der Waals surface area contributed by atoms with E-state index in [-0.39, 0.29) is 6.04 Å². The summed E-state index contributed by atoms with van der Waals surface area (Å²) in [6.07, 6.45) is -3.31. The van der Waals surface area contributed by atoms with Gasteiger partial charge in [-0.25, -0.2) is 0 Å². The minimum Gasteiger partial charge on any atom is -0.382 e. The van der Waals surface area contributed by atoms with E-state index >= 15 is 0 Å². The fourth-order valence-corrected chi connectivity index (χ4v) is 2.27. The maximum absolute atomic E-state index is 12.5. The number of alkyl halides is 3. The van der Waals surface area contributed by atoms with E-state index in [1.165, 1.54) is 6.07 Å². The highest BCUT2D eigenvalue weighted by Gasteiger charge is 2.32. The summed E-state index contributed by atoms with van der Waals surface area (Å²) in [5.74, 6) is 0.313. The topological polar surface area (TPSA) is 12.0 Å². The largest absolute Gasteiger partial charge is 0.416 e. The lowest BCUT2D eigenvalue weighted by molar-refractivity contribution is -0.137. The van der Waals surface area contributed by atoms with Crippen LogP contribution in [-0.4, -0.2) is 6.04 Å². The molecule has 1 aliphatic heterocycles. The first-order chi connectivity index (χ1) is 7.38. The van der Waals surface area contributed by atoms with E-state index in [1.54, 1.807) is 6.07 Å². The van der Waals surface area contributed by atoms with Crippen LogP contribution in [0.3, 0.4) is 0 Å². The van der Waals surface area contributed by atoms with Crippen molar-refractivity contribution >= 4 is 5.69 Å². The first-order valence-electron chi connectivity index (χ1n) is 5.35. The minimum absolute atomic E-state index is 0.228. The second kappa shape index (κ2) is 3.68. The molecule has 1 aromatic carbocycles. The number of hydrogen-bond acceptors (Lipinski definition) is 1. The van der Waals surface area contributed by atoms with Crippen LogP contribution in [0.5, 0.6) is 0 Å². The van der Waals surface area contributed by atoms with Gasteiger partial charge in [0, 0.05) is 11.7 Å². The van der Waals surface area contributed by atoms with Crippen molar-refractivity contribution in [1.29, 1.82) is 0 Å². The number of rotatable bonds is 0. The summed E-state index contributed by atoms with van der Waals surface area (Å²) in [5.41, 5.74) is 1.02. The summed E-state index contributed by atoms with van der Waals surface area (Å²) < 4.78 is 37.6. The van der Waals surface area contributed by atoms with Crippen LogP contribution >= 0.6 is 0 Å². The van der Waals surface area contributed by atoms with Gasteiger partial charge < -0.3 is 5.32 Å². The van der Waals surface area contributed by atoms with E-state index in [4.69, 9.17) is 0 Å². The smallest absolute Gasteiger partial charge is 0.382 e. The molecular formula is C12H14F3N. The van der Waals surface area contributed by atoms with Crippen molar-refractivity contribution < 1.29 is 13.2 Å². The van der Waals surface area contributed by atoms with E-state index in [2.05, 4.69) is 5.32 Å². The van der Waals surface area contributed by atoms with Gasteiger partial charge in [0.25, 0.3) is 0 Å². The van der Waals surface area contributed by atoms with Gasteiger partial charge in [-0.15, -0.1) is 0 Å². The van der Waals surface area contributed by atoms with Crippen LogP contribution in [0.25, 0.3) is 0 Å². The molecule has 2 rings (SSSR count). The summed E-state index contributed by atoms with van der Waals surface area (Å²) >= 11 is 0. The predicted octanol–water partition coefficient (Wildman–Crippen LogP) is 4.01. The van der Waals surface area contributed by atoms with Crippen LogP contribution in [0.4, 0.5) is 18.9 Å². The van der Waals surface area contributed by atoms with Gasteiger partial charge in [-0.2, -0.15) is 13.2 Å². The third-order valence-corrected chi connectivity index (χ3v) is 3.02. The number of halogens is 3. The van der Waals surface area contributed by atoms with Crippen LogP contribution in [0.2, 0.25) is 0 Å². The molecule has 0 radical (unpaired) electrons. The number of benzene rings is 1. The summed E-state index contributed by atoms with van der Waals surface area (Å²) in [4.78, 5) is 0. The molecule has 1 aliphatic rings. The number of anilines is 1. The summed E-state index contributed by atoms with van der Waals surface area (Å²) in [5, 5.41) is 3.10. The molecule has 0 spiro atoms. The summed E-state index contributed by atoms with van der Waals surface area (Å²) in [6.45, 7) is 4.03. The first kappa shape index (κ1) is 11.3. The van der Waals surface area contributed by atoms with Crippen LogP contribution in [0, 0.1) is 0 Å². The average Bonchev–Trinajstić information content (AvgIpc) is 2.15. The van der Waals surface area contributed by atoms with Crippen LogP contribution < -0.4 is 5.32 Å². The molecule has 4 heteroatoms. The van der Waals surface area contributed by atoms with Gasteiger partial charge in [-0.1, -0.05) is 13.0 Å². The number of hydrogen-bond donors (Lipinski definition) is 1. The van der Waals surface area contributed by atoms with Crippen molar-refractivity contribution in [2.24, 2.45) is 0 Å². The highest BCUT2D eigenvalue weighted by atomic mass is 19.4. The molecule has 1 nitrogen and oxygen atoms in total. The fourth-order valence-electron chi connectivity index (χ4n) is 2.27. The SMILES string of the molecule is CC1CC(C)c2ccc(C(F)(F)F)cc2N1. The van der Waals surface area contributed by atoms with Crippen molar-refractivity contribution in [1.82, 2.24) is 0 Å². The monoisotopic (exact) mass is 229 g/mol. The maximum atomic E-state index is 12.5. The second-order valence-electron chi connectivity index (χ2n) is 4.48. The standard InChI is InChI=1S/C12H14F3N/c1-7-5-8(2)16-11-6-9(12(13,14)15)3-4-10(7)11/h3-4,6-8,16H,5H2,1-2H3. The van der Waals surface area contributed by atoms with E-state index in [0.29, 0.717) is 11.6 Å². The molecule has 88 valence electrons. The Kier molecular flexibility index (Phi) is 2.60. The van der Waals surface area contributed by atoms with Crippen molar-refractivity contribution in [3.63, 3.8) is 0 Å². The zero-order valence-corrected chi connectivity index (χ0v) is 9.23. The Morgan fingerprint density at radius 1 is 1.25 bits per heavy atom. The minimum atomic E-state index is -4.26. The normalized spacial score (nSPS) is 24.8. The van der Waals surface area contributed by atoms with Gasteiger partial charge in [0.05, 0.1) is 5.56 Å². The Hall–Kier alpha value is -1.19. The van der Waals surface area contributed by atoms with E-state index in [1.807, 2.05) is 13.8 Å². The Morgan fingerprint density at radius 2 is 1.94 bits per heavy atom. The molecule has 0 fully saturated rings. The van der Waals surface area contributed by atoms with Gasteiger partial charge in [0.1, 0.15) is 0 Å². The highest BCUT2D eigenvalue weighted by Crippen LogP contribution is 2.38. The predicted molar refractivity (Wildman–Crippen MR) is 57.6 cm³/mol. The zero-order valence-electron chi connectivity index (χ0n) is 9.23. The second-order valence-corrected chi connectivity index (χ2v) is 4.48. The molecule has 0 aliphatic carbocycles. The molecule has 0 saturated heterocycles. The number of fused-ring (bicyclic) bond motifs is 1. The van der Waals surface area contributed by atoms with Crippen LogP contribution in [0.15, 0.2) is 18.2 Å². The quantitative estimate of drug-likeness (QED) is 0.708. The van der Waals surface area contributed by atoms with Gasteiger partial charge in [-0.3, -0.25) is 0 Å². The zero-order chi connectivity index (χ0) is 11.9. The molecule has 1 N–H and O–H groups in total. The van der Waals surface area contributed by atoms with E-state index in [0.717, 1.165) is 18.1 Å². The van der Waals surface area contributed by atoms with Crippen molar-refractivity contribution in [2.75, 3.05) is 5.32 Å². The lowest BCUT2D eigenvalue weighted by Gasteiger charge is -2.29. The Balaban J connectivity index is 2.42. The van der Waals surface area contributed by atoms with Gasteiger partial charge in [0.2, 0.25) is 0 Å². The molecule has 2 atom stereocenters. The lowest BCUT2D eigenvalue weighted by atomic mass is 9.88. The first-order valence-corrected chi connectivity index (χ1v) is 5.35. The van der Waals surface area contributed by atoms with Crippen molar-refractivity contribution in [2.45, 2.75) is 38.4 Å². The Morgan fingerprint density at radius 3 is 2.56 bits per heavy atom. The molecular weight excluding hydrogens is 215 g/mol. The van der Waals surface area contributed by atoms with Crippen LogP contribution in [0.1, 0.15) is 37.3 Å². The number of nitrogens with one attached hydrogen (secondary N) is 1. The molecule has 0 saturated carbocycles. The molecule has 0 bridgehead atoms. The molecule has 1 heterocycles. The maximum Gasteiger partial charge on any atom is 0.416 e. The average molecular weight is 229 g/mol. The van der Waals surface area contributed by atoms with Crippen molar-refractivity contribution in [3.8, 4) is 0 Å². The van der Waals surface area contributed by atoms with Crippen LogP contribution in [-0.2, 0) is 6.18 Å². The third kappa shape index (κ3) is 2.01. The molecule has 16 heavy (non-hydrogen) atoms. The summed E-state index contributed by atoms with van der Waals surface area (Å²) in [7, 11) is 0. The molecule has 0 aromatic heterocycles. The molecule has 0 amide bonds. The van der Waals surface area contributed by atoms with Gasteiger partial charge in [0.15, 0.2) is 0 Å². The Labute approximate surface area is 92.7 Å². The van der Waals surface area contributed by atoms with E-state index in [9.17, 15) is 13.2 Å².